The number of ether oxygens (including phenoxy) is 1. The highest BCUT2D eigenvalue weighted by molar-refractivity contribution is 7.91. The molecule has 1 fully saturated rings. The molecule has 2 aromatic heterocycles. The quantitative estimate of drug-likeness (QED) is 0.470. The maximum Gasteiger partial charge on any atom is 0.421 e. The second-order valence-corrected chi connectivity index (χ2v) is 11.5. The van der Waals surface area contributed by atoms with Gasteiger partial charge in [0.25, 0.3) is 10.0 Å². The number of nitrogens with zero attached hydrogens (tertiary/aromatic N) is 2. The second kappa shape index (κ2) is 9.94. The first kappa shape index (κ1) is 25.7. The van der Waals surface area contributed by atoms with Crippen LogP contribution in [0.1, 0.15) is 18.2 Å². The van der Waals surface area contributed by atoms with Crippen molar-refractivity contribution in [1.29, 1.82) is 0 Å². The van der Waals surface area contributed by atoms with E-state index < -0.39 is 27.8 Å². The van der Waals surface area contributed by atoms with Crippen LogP contribution in [0.5, 0.6) is 0 Å². The van der Waals surface area contributed by atoms with Gasteiger partial charge >= 0.3 is 6.18 Å². The summed E-state index contributed by atoms with van der Waals surface area (Å²) in [5.74, 6) is 0.620. The molecular weight excluding hydrogens is 505 g/mol. The molecule has 1 saturated heterocycles. The van der Waals surface area contributed by atoms with Gasteiger partial charge in [0.1, 0.15) is 16.6 Å². The molecule has 0 aliphatic carbocycles. The fourth-order valence-electron chi connectivity index (χ4n) is 3.90. The summed E-state index contributed by atoms with van der Waals surface area (Å²) in [6, 6.07) is 11.8. The van der Waals surface area contributed by atoms with E-state index in [1.165, 1.54) is 34.8 Å². The highest BCUT2D eigenvalue weighted by atomic mass is 32.2. The van der Waals surface area contributed by atoms with Gasteiger partial charge < -0.3 is 19.2 Å². The SMILES string of the molecule is CC(O)(c1ccc(N2CCN(S(=O)(=O)c3cccs3)CC2COCc2ccco2)cc1)C(F)(F)F. The van der Waals surface area contributed by atoms with Crippen LogP contribution in [0.25, 0.3) is 0 Å². The van der Waals surface area contributed by atoms with Crippen LogP contribution in [0.4, 0.5) is 18.9 Å². The van der Waals surface area contributed by atoms with Crippen LogP contribution in [0, 0.1) is 0 Å². The smallest absolute Gasteiger partial charge is 0.421 e. The zero-order chi connectivity index (χ0) is 25.3. The van der Waals surface area contributed by atoms with Crippen LogP contribution in [0.3, 0.4) is 0 Å². The Hall–Kier alpha value is -2.38. The van der Waals surface area contributed by atoms with E-state index in [1.807, 2.05) is 4.90 Å². The Labute approximate surface area is 205 Å². The van der Waals surface area contributed by atoms with E-state index in [4.69, 9.17) is 9.15 Å². The molecule has 3 aromatic rings. The third-order valence-electron chi connectivity index (χ3n) is 5.98. The fourth-order valence-corrected chi connectivity index (χ4v) is 6.51. The minimum Gasteiger partial charge on any atom is -0.467 e. The Kier molecular flexibility index (Phi) is 7.30. The first-order valence-electron chi connectivity index (χ1n) is 10.8. The van der Waals surface area contributed by atoms with Crippen LogP contribution < -0.4 is 4.90 Å². The third-order valence-corrected chi connectivity index (χ3v) is 9.22. The van der Waals surface area contributed by atoms with Crippen molar-refractivity contribution in [3.05, 3.63) is 71.5 Å². The van der Waals surface area contributed by atoms with Gasteiger partial charge in [0, 0.05) is 25.3 Å². The number of piperazine rings is 1. The molecule has 2 unspecified atom stereocenters. The average molecular weight is 531 g/mol. The summed E-state index contributed by atoms with van der Waals surface area (Å²) in [5.41, 5.74) is -2.66. The molecule has 4 rings (SSSR count). The molecule has 1 N–H and O–H groups in total. The molecule has 35 heavy (non-hydrogen) atoms. The summed E-state index contributed by atoms with van der Waals surface area (Å²) < 4.78 is 78.5. The van der Waals surface area contributed by atoms with Crippen LogP contribution in [-0.4, -0.2) is 56.3 Å². The molecule has 3 heterocycles. The van der Waals surface area contributed by atoms with E-state index in [-0.39, 0.29) is 36.1 Å². The lowest BCUT2D eigenvalue weighted by atomic mass is 9.95. The number of thiophene rings is 1. The van der Waals surface area contributed by atoms with Gasteiger partial charge in [-0.1, -0.05) is 18.2 Å². The van der Waals surface area contributed by atoms with Crippen molar-refractivity contribution in [3.63, 3.8) is 0 Å². The van der Waals surface area contributed by atoms with Gasteiger partial charge in [-0.25, -0.2) is 8.42 Å². The molecule has 190 valence electrons. The fraction of sp³-hybridized carbons (Fsp3) is 0.391. The molecule has 1 aliphatic heterocycles. The molecule has 1 aliphatic rings. The summed E-state index contributed by atoms with van der Waals surface area (Å²) in [5, 5.41) is 11.7. The topological polar surface area (TPSA) is 83.2 Å². The number of hydrogen-bond donors (Lipinski definition) is 1. The molecule has 0 amide bonds. The van der Waals surface area contributed by atoms with E-state index >= 15 is 0 Å². The summed E-state index contributed by atoms with van der Waals surface area (Å²) in [4.78, 5) is 1.91. The number of alkyl halides is 3. The average Bonchev–Trinajstić information content (AvgIpc) is 3.53. The van der Waals surface area contributed by atoms with Gasteiger partial charge in [0.2, 0.25) is 0 Å². The van der Waals surface area contributed by atoms with Crippen LogP contribution in [-0.2, 0) is 27.0 Å². The number of rotatable bonds is 8. The number of hydrogen-bond acceptors (Lipinski definition) is 7. The van der Waals surface area contributed by atoms with Gasteiger partial charge in [-0.15, -0.1) is 11.3 Å². The maximum absolute atomic E-state index is 13.2. The van der Waals surface area contributed by atoms with Gasteiger partial charge in [-0.3, -0.25) is 0 Å². The minimum absolute atomic E-state index is 0.139. The first-order valence-corrected chi connectivity index (χ1v) is 13.1. The van der Waals surface area contributed by atoms with E-state index in [0.29, 0.717) is 24.9 Å². The van der Waals surface area contributed by atoms with Crippen molar-refractivity contribution in [2.45, 2.75) is 35.6 Å². The van der Waals surface area contributed by atoms with Gasteiger partial charge in [0.05, 0.1) is 18.9 Å². The molecule has 7 nitrogen and oxygen atoms in total. The van der Waals surface area contributed by atoms with Crippen molar-refractivity contribution in [2.75, 3.05) is 31.1 Å². The lowest BCUT2D eigenvalue weighted by Gasteiger charge is -2.42. The second-order valence-electron chi connectivity index (χ2n) is 8.35. The van der Waals surface area contributed by atoms with Crippen LogP contribution in [0.2, 0.25) is 0 Å². The number of benzene rings is 1. The van der Waals surface area contributed by atoms with Gasteiger partial charge in [-0.05, 0) is 48.2 Å². The summed E-state index contributed by atoms with van der Waals surface area (Å²) >= 11 is 1.14. The number of furan rings is 1. The number of aliphatic hydroxyl groups is 1. The van der Waals surface area contributed by atoms with Crippen LogP contribution >= 0.6 is 11.3 Å². The van der Waals surface area contributed by atoms with Gasteiger partial charge in [0.15, 0.2) is 5.60 Å². The predicted octanol–water partition coefficient (Wildman–Crippen LogP) is 4.21. The summed E-state index contributed by atoms with van der Waals surface area (Å²) in [6.45, 7) is 1.73. The van der Waals surface area contributed by atoms with Crippen molar-refractivity contribution >= 4 is 27.0 Å². The molecular formula is C23H25F3N2O5S2. The zero-order valence-electron chi connectivity index (χ0n) is 18.8. The number of sulfonamides is 1. The number of halogens is 3. The molecule has 0 saturated carbocycles. The standard InChI is InChI=1S/C23H25F3N2O5S2/c1-22(29,23(24,25)26)17-6-8-18(9-7-17)28-11-10-27(35(30,31)21-5-3-13-34-21)14-19(28)15-32-16-20-4-2-12-33-20/h2-9,12-13,19,29H,10-11,14-16H2,1H3. The van der Waals surface area contributed by atoms with E-state index in [0.717, 1.165) is 11.3 Å². The summed E-state index contributed by atoms with van der Waals surface area (Å²) in [7, 11) is -3.67. The molecule has 0 radical (unpaired) electrons. The van der Waals surface area contributed by atoms with Crippen molar-refractivity contribution in [2.24, 2.45) is 0 Å². The van der Waals surface area contributed by atoms with Crippen molar-refractivity contribution in [1.82, 2.24) is 4.31 Å². The Morgan fingerprint density at radius 2 is 1.89 bits per heavy atom. The van der Waals surface area contributed by atoms with Crippen molar-refractivity contribution in [3.8, 4) is 0 Å². The van der Waals surface area contributed by atoms with E-state index in [9.17, 15) is 26.7 Å². The molecule has 12 heteroatoms. The minimum atomic E-state index is -4.82. The predicted molar refractivity (Wildman–Crippen MR) is 125 cm³/mol. The van der Waals surface area contributed by atoms with Gasteiger partial charge in [-0.2, -0.15) is 17.5 Å². The summed E-state index contributed by atoms with van der Waals surface area (Å²) in [6.07, 6.45) is -3.29. The monoisotopic (exact) mass is 530 g/mol. The number of anilines is 1. The Morgan fingerprint density at radius 3 is 2.49 bits per heavy atom. The largest absolute Gasteiger partial charge is 0.467 e. The third kappa shape index (κ3) is 5.41. The molecule has 2 atom stereocenters. The van der Waals surface area contributed by atoms with E-state index in [1.54, 1.807) is 29.6 Å². The Balaban J connectivity index is 1.55. The lowest BCUT2D eigenvalue weighted by molar-refractivity contribution is -0.258. The Bertz CT molecular complexity index is 1200. The molecule has 0 spiro atoms. The molecule has 0 bridgehead atoms. The van der Waals surface area contributed by atoms with Crippen molar-refractivity contribution < 1.29 is 35.8 Å². The lowest BCUT2D eigenvalue weighted by Crippen LogP contribution is -2.56. The highest BCUT2D eigenvalue weighted by Crippen LogP contribution is 2.39. The van der Waals surface area contributed by atoms with Crippen LogP contribution in [0.15, 0.2) is 68.8 Å². The highest BCUT2D eigenvalue weighted by Gasteiger charge is 2.51. The maximum atomic E-state index is 13.2. The Morgan fingerprint density at radius 1 is 1.14 bits per heavy atom. The zero-order valence-corrected chi connectivity index (χ0v) is 20.4. The normalized spacial score (nSPS) is 19.6. The first-order chi connectivity index (χ1) is 16.5. The van der Waals surface area contributed by atoms with E-state index in [2.05, 4.69) is 0 Å². The molecule has 1 aromatic carbocycles.